The molecule has 2 amide bonds. The lowest BCUT2D eigenvalue weighted by Crippen LogP contribution is -2.35. The van der Waals surface area contributed by atoms with Crippen LogP contribution in [0, 0.1) is 11.6 Å². The number of nitrogens with zero attached hydrogens (tertiary/aromatic N) is 2. The molecule has 1 heterocycles. The highest BCUT2D eigenvalue weighted by Gasteiger charge is 2.43. The minimum atomic E-state index is -1.16. The standard InChI is InChI=1S/C19H15BrF2N2O3/c20-13-3-1-2-11(6-13)18-23(9-16(25)24(18)27)19(26)17-14(21)7-12(8-15(17)22)10-4-5-10/h1-3,6-8,10,18,27H,4-5,9H2. The molecular weight excluding hydrogens is 422 g/mol. The lowest BCUT2D eigenvalue weighted by atomic mass is 10.0. The zero-order valence-corrected chi connectivity index (χ0v) is 15.6. The summed E-state index contributed by atoms with van der Waals surface area (Å²) in [5, 5.41) is 10.5. The highest BCUT2D eigenvalue weighted by Crippen LogP contribution is 2.41. The molecular formula is C19H15BrF2N2O3. The minimum Gasteiger partial charge on any atom is -0.302 e. The molecule has 2 aliphatic rings. The summed E-state index contributed by atoms with van der Waals surface area (Å²) in [7, 11) is 0. The Kier molecular flexibility index (Phi) is 4.47. The first kappa shape index (κ1) is 18.1. The second kappa shape index (κ2) is 6.69. The van der Waals surface area contributed by atoms with Gasteiger partial charge in [-0.3, -0.25) is 14.8 Å². The number of hydroxylamine groups is 2. The van der Waals surface area contributed by atoms with Crippen LogP contribution in [0.15, 0.2) is 40.9 Å². The molecule has 2 fully saturated rings. The zero-order valence-electron chi connectivity index (χ0n) is 14.0. The van der Waals surface area contributed by atoms with E-state index in [1.54, 1.807) is 24.3 Å². The van der Waals surface area contributed by atoms with Crippen molar-refractivity contribution >= 4 is 27.7 Å². The lowest BCUT2D eigenvalue weighted by molar-refractivity contribution is -0.168. The number of carbonyl (C=O) groups is 2. The molecule has 0 bridgehead atoms. The van der Waals surface area contributed by atoms with E-state index in [9.17, 15) is 23.6 Å². The van der Waals surface area contributed by atoms with E-state index in [0.29, 0.717) is 20.7 Å². The van der Waals surface area contributed by atoms with Gasteiger partial charge in [0.25, 0.3) is 11.8 Å². The summed E-state index contributed by atoms with van der Waals surface area (Å²) < 4.78 is 29.7. The number of rotatable bonds is 3. The Balaban J connectivity index is 1.72. The molecule has 1 saturated heterocycles. The SMILES string of the molecule is O=C1CN(C(=O)c2c(F)cc(C3CC3)cc2F)C(c2cccc(Br)c2)N1O. The van der Waals surface area contributed by atoms with Gasteiger partial charge in [-0.05, 0) is 54.2 Å². The van der Waals surface area contributed by atoms with Gasteiger partial charge in [-0.15, -0.1) is 0 Å². The molecule has 2 aromatic carbocycles. The van der Waals surface area contributed by atoms with Crippen LogP contribution in [0.3, 0.4) is 0 Å². The zero-order chi connectivity index (χ0) is 19.3. The molecule has 1 aliphatic carbocycles. The van der Waals surface area contributed by atoms with Crippen LogP contribution >= 0.6 is 15.9 Å². The van der Waals surface area contributed by atoms with Crippen molar-refractivity contribution in [3.8, 4) is 0 Å². The van der Waals surface area contributed by atoms with Gasteiger partial charge in [0.1, 0.15) is 23.7 Å². The summed E-state index contributed by atoms with van der Waals surface area (Å²) >= 11 is 3.29. The Hall–Kier alpha value is -2.32. The maximum absolute atomic E-state index is 14.5. The van der Waals surface area contributed by atoms with E-state index in [2.05, 4.69) is 15.9 Å². The monoisotopic (exact) mass is 436 g/mol. The van der Waals surface area contributed by atoms with E-state index in [1.165, 1.54) is 12.1 Å². The maximum atomic E-state index is 14.5. The Morgan fingerprint density at radius 2 is 1.78 bits per heavy atom. The largest absolute Gasteiger partial charge is 0.302 e. The van der Waals surface area contributed by atoms with Crippen molar-refractivity contribution in [2.75, 3.05) is 6.54 Å². The molecule has 2 aromatic rings. The summed E-state index contributed by atoms with van der Waals surface area (Å²) in [5.41, 5.74) is 0.246. The molecule has 5 nitrogen and oxygen atoms in total. The first-order valence-electron chi connectivity index (χ1n) is 8.43. The fraction of sp³-hybridized carbons (Fsp3) is 0.263. The van der Waals surface area contributed by atoms with Gasteiger partial charge in [0.2, 0.25) is 0 Å². The highest BCUT2D eigenvalue weighted by atomic mass is 79.9. The highest BCUT2D eigenvalue weighted by molar-refractivity contribution is 9.10. The number of halogens is 3. The van der Waals surface area contributed by atoms with Gasteiger partial charge in [0.15, 0.2) is 6.17 Å². The molecule has 0 radical (unpaired) electrons. The van der Waals surface area contributed by atoms with Gasteiger partial charge in [0, 0.05) is 4.47 Å². The molecule has 140 valence electrons. The van der Waals surface area contributed by atoms with E-state index in [0.717, 1.165) is 17.7 Å². The molecule has 1 unspecified atom stereocenters. The maximum Gasteiger partial charge on any atom is 0.267 e. The van der Waals surface area contributed by atoms with Crippen molar-refractivity contribution in [1.29, 1.82) is 0 Å². The number of benzene rings is 2. The quantitative estimate of drug-likeness (QED) is 0.740. The number of hydrogen-bond donors (Lipinski definition) is 1. The van der Waals surface area contributed by atoms with Crippen molar-refractivity contribution in [3.05, 3.63) is 69.2 Å². The van der Waals surface area contributed by atoms with Crippen LogP contribution in [0.2, 0.25) is 0 Å². The molecule has 8 heteroatoms. The average Bonchev–Trinajstić information content (AvgIpc) is 3.41. The number of carbonyl (C=O) groups excluding carboxylic acids is 2. The third-order valence-electron chi connectivity index (χ3n) is 4.82. The van der Waals surface area contributed by atoms with Crippen LogP contribution in [-0.4, -0.2) is 33.5 Å². The predicted molar refractivity (Wildman–Crippen MR) is 94.9 cm³/mol. The van der Waals surface area contributed by atoms with E-state index >= 15 is 0 Å². The molecule has 1 atom stereocenters. The third kappa shape index (κ3) is 3.23. The smallest absolute Gasteiger partial charge is 0.267 e. The van der Waals surface area contributed by atoms with Gasteiger partial charge in [0.05, 0.1) is 0 Å². The van der Waals surface area contributed by atoms with Gasteiger partial charge in [-0.25, -0.2) is 8.78 Å². The Bertz CT molecular complexity index is 925. The fourth-order valence-corrected chi connectivity index (χ4v) is 3.75. The second-order valence-corrected chi connectivity index (χ2v) is 7.65. The van der Waals surface area contributed by atoms with Crippen LogP contribution in [0.1, 0.15) is 46.4 Å². The van der Waals surface area contributed by atoms with Gasteiger partial charge in [-0.1, -0.05) is 28.1 Å². The molecule has 0 spiro atoms. The van der Waals surface area contributed by atoms with Crippen molar-refractivity contribution in [2.45, 2.75) is 24.9 Å². The Morgan fingerprint density at radius 1 is 1.11 bits per heavy atom. The van der Waals surface area contributed by atoms with Crippen molar-refractivity contribution in [3.63, 3.8) is 0 Å². The van der Waals surface area contributed by atoms with E-state index in [4.69, 9.17) is 0 Å². The van der Waals surface area contributed by atoms with Gasteiger partial charge >= 0.3 is 0 Å². The first-order chi connectivity index (χ1) is 12.9. The minimum absolute atomic E-state index is 0.133. The van der Waals surface area contributed by atoms with Crippen LogP contribution < -0.4 is 0 Å². The van der Waals surface area contributed by atoms with Crippen LogP contribution in [0.25, 0.3) is 0 Å². The van der Waals surface area contributed by atoms with Gasteiger partial charge in [-0.2, -0.15) is 5.06 Å². The molecule has 1 aliphatic heterocycles. The topological polar surface area (TPSA) is 60.9 Å². The first-order valence-corrected chi connectivity index (χ1v) is 9.22. The lowest BCUT2D eigenvalue weighted by Gasteiger charge is -2.27. The Labute approximate surface area is 162 Å². The summed E-state index contributed by atoms with van der Waals surface area (Å²) in [6, 6.07) is 9.00. The second-order valence-electron chi connectivity index (χ2n) is 6.73. The predicted octanol–water partition coefficient (Wildman–Crippen LogP) is 3.98. The van der Waals surface area contributed by atoms with Crippen LogP contribution in [0.4, 0.5) is 8.78 Å². The van der Waals surface area contributed by atoms with E-state index in [-0.39, 0.29) is 5.92 Å². The van der Waals surface area contributed by atoms with Gasteiger partial charge < -0.3 is 4.90 Å². The van der Waals surface area contributed by atoms with Crippen molar-refractivity contribution in [1.82, 2.24) is 9.96 Å². The summed E-state index contributed by atoms with van der Waals surface area (Å²) in [6.07, 6.45) is 0.582. The molecule has 1 N–H and O–H groups in total. The number of amides is 2. The van der Waals surface area contributed by atoms with Crippen LogP contribution in [0.5, 0.6) is 0 Å². The third-order valence-corrected chi connectivity index (χ3v) is 5.32. The molecule has 1 saturated carbocycles. The average molecular weight is 437 g/mol. The fourth-order valence-electron chi connectivity index (χ4n) is 3.34. The van der Waals surface area contributed by atoms with Crippen molar-refractivity contribution < 1.29 is 23.6 Å². The summed E-state index contributed by atoms with van der Waals surface area (Å²) in [4.78, 5) is 25.8. The Morgan fingerprint density at radius 3 is 2.37 bits per heavy atom. The molecule has 27 heavy (non-hydrogen) atoms. The van der Waals surface area contributed by atoms with E-state index in [1.807, 2.05) is 0 Å². The number of hydrogen-bond acceptors (Lipinski definition) is 3. The molecule has 0 aromatic heterocycles. The summed E-state index contributed by atoms with van der Waals surface area (Å²) in [6.45, 7) is -0.476. The van der Waals surface area contributed by atoms with Crippen LogP contribution in [-0.2, 0) is 4.79 Å². The normalized spacial score (nSPS) is 19.7. The van der Waals surface area contributed by atoms with E-state index < -0.39 is 41.7 Å². The summed E-state index contributed by atoms with van der Waals surface area (Å²) in [5.74, 6) is -3.50. The van der Waals surface area contributed by atoms with Crippen molar-refractivity contribution in [2.24, 2.45) is 0 Å². The molecule has 4 rings (SSSR count).